The molecule has 2 aromatic rings. The Bertz CT molecular complexity index is 1250. The summed E-state index contributed by atoms with van der Waals surface area (Å²) in [7, 11) is 1.23. The number of halogens is 3. The molecule has 186 valence electrons. The molecule has 1 aliphatic carbocycles. The fraction of sp³-hybridized carbons (Fsp3) is 0.458. The van der Waals surface area contributed by atoms with Gasteiger partial charge in [0.05, 0.1) is 25.8 Å². The smallest absolute Gasteiger partial charge is 0.276 e. The van der Waals surface area contributed by atoms with Gasteiger partial charge in [-0.05, 0) is 32.6 Å². The lowest BCUT2D eigenvalue weighted by molar-refractivity contribution is -0.0799. The number of carbonyl (C=O) groups excluding carboxylic acids is 2. The Hall–Kier alpha value is -3.34. The molecule has 1 aromatic carbocycles. The van der Waals surface area contributed by atoms with Gasteiger partial charge in [0, 0.05) is 29.9 Å². The first kappa shape index (κ1) is 23.4. The molecular weight excluding hydrogens is 467 g/mol. The third-order valence-corrected chi connectivity index (χ3v) is 7.00. The zero-order valence-corrected chi connectivity index (χ0v) is 19.1. The highest BCUT2D eigenvalue weighted by atomic mass is 19.1. The van der Waals surface area contributed by atoms with Crippen LogP contribution in [0.3, 0.4) is 0 Å². The Balaban J connectivity index is 1.50. The van der Waals surface area contributed by atoms with Crippen LogP contribution in [0.15, 0.2) is 23.1 Å². The van der Waals surface area contributed by atoms with Crippen molar-refractivity contribution in [2.75, 3.05) is 7.11 Å². The lowest BCUT2D eigenvalue weighted by Gasteiger charge is -2.39. The van der Waals surface area contributed by atoms with Gasteiger partial charge in [0.25, 0.3) is 11.8 Å². The van der Waals surface area contributed by atoms with Crippen LogP contribution >= 0.6 is 0 Å². The van der Waals surface area contributed by atoms with Gasteiger partial charge in [-0.15, -0.1) is 0 Å². The largest absolute Gasteiger partial charge is 0.491 e. The van der Waals surface area contributed by atoms with E-state index in [4.69, 9.17) is 9.47 Å². The van der Waals surface area contributed by atoms with Gasteiger partial charge in [0.15, 0.2) is 17.7 Å². The van der Waals surface area contributed by atoms with E-state index in [2.05, 4.69) is 5.32 Å². The summed E-state index contributed by atoms with van der Waals surface area (Å²) in [5, 5.41) is 2.38. The molecule has 6 rings (SSSR count). The van der Waals surface area contributed by atoms with E-state index >= 15 is 0 Å². The van der Waals surface area contributed by atoms with Crippen molar-refractivity contribution in [1.82, 2.24) is 14.8 Å². The first-order valence-electron chi connectivity index (χ1n) is 11.4. The summed E-state index contributed by atoms with van der Waals surface area (Å²) in [4.78, 5) is 41.3. The molecule has 3 aliphatic heterocycles. The van der Waals surface area contributed by atoms with Gasteiger partial charge in [-0.1, -0.05) is 0 Å². The number of nitrogens with zero attached hydrogens (tertiary/aromatic N) is 2. The van der Waals surface area contributed by atoms with Gasteiger partial charge in [-0.2, -0.15) is 0 Å². The number of hydrogen-bond donors (Lipinski definition) is 1. The Morgan fingerprint density at radius 3 is 2.43 bits per heavy atom. The van der Waals surface area contributed by atoms with Crippen molar-refractivity contribution < 1.29 is 32.2 Å². The second-order valence-electron chi connectivity index (χ2n) is 9.12. The Morgan fingerprint density at radius 1 is 1.14 bits per heavy atom. The highest BCUT2D eigenvalue weighted by Crippen LogP contribution is 2.37. The highest BCUT2D eigenvalue weighted by Gasteiger charge is 2.45. The molecule has 3 fully saturated rings. The average Bonchev–Trinajstić information content (AvgIpc) is 3.07. The van der Waals surface area contributed by atoms with Crippen LogP contribution in [0.1, 0.15) is 65.1 Å². The molecule has 2 amide bonds. The minimum absolute atomic E-state index is 0.00383. The van der Waals surface area contributed by atoms with Crippen LogP contribution in [-0.4, -0.2) is 46.8 Å². The van der Waals surface area contributed by atoms with Gasteiger partial charge in [-0.3, -0.25) is 14.4 Å². The van der Waals surface area contributed by atoms with Crippen LogP contribution < -0.4 is 15.5 Å². The minimum atomic E-state index is -1.22. The van der Waals surface area contributed by atoms with Gasteiger partial charge in [0.2, 0.25) is 5.43 Å². The molecular formula is C24H24F3N3O5. The molecule has 4 heterocycles. The second kappa shape index (κ2) is 8.71. The standard InChI is InChI=1S/C24H24F3N3O5/c1-11(19-16(26)7-12(25)8-17(19)27)28-23(32)15-9-29-10-18-30(13-3-5-14(35-18)6-4-13)24(33)20(29)22(34-2)21(15)31/h7-9,11,13-14,18H,3-6,10H2,1-2H3,(H,28,32)/t11-,13?,14?,18-/m1/s1. The van der Waals surface area contributed by atoms with Crippen LogP contribution in [0.5, 0.6) is 5.75 Å². The summed E-state index contributed by atoms with van der Waals surface area (Å²) in [6.07, 6.45) is 4.06. The first-order chi connectivity index (χ1) is 16.7. The van der Waals surface area contributed by atoms with E-state index in [9.17, 15) is 27.6 Å². The average molecular weight is 491 g/mol. The van der Waals surface area contributed by atoms with Crippen LogP contribution in [0, 0.1) is 17.5 Å². The minimum Gasteiger partial charge on any atom is -0.491 e. The quantitative estimate of drug-likeness (QED) is 0.711. The molecule has 2 atom stereocenters. The molecule has 35 heavy (non-hydrogen) atoms. The molecule has 4 aliphatic rings. The van der Waals surface area contributed by atoms with E-state index in [1.54, 1.807) is 4.90 Å². The number of pyridine rings is 1. The summed E-state index contributed by atoms with van der Waals surface area (Å²) >= 11 is 0. The fourth-order valence-corrected chi connectivity index (χ4v) is 5.37. The van der Waals surface area contributed by atoms with E-state index in [-0.39, 0.29) is 35.7 Å². The van der Waals surface area contributed by atoms with E-state index in [0.717, 1.165) is 25.7 Å². The summed E-state index contributed by atoms with van der Waals surface area (Å²) in [6.45, 7) is 1.50. The first-order valence-corrected chi connectivity index (χ1v) is 11.4. The number of amides is 2. The van der Waals surface area contributed by atoms with Crippen molar-refractivity contribution in [3.05, 3.63) is 62.8 Å². The van der Waals surface area contributed by atoms with Crippen molar-refractivity contribution in [3.8, 4) is 5.75 Å². The number of rotatable bonds is 4. The van der Waals surface area contributed by atoms with Crippen molar-refractivity contribution in [2.24, 2.45) is 0 Å². The maximum atomic E-state index is 14.2. The zero-order valence-electron chi connectivity index (χ0n) is 19.1. The SMILES string of the molecule is COc1c2n(cc(C(=O)N[C@H](C)c3c(F)cc(F)cc3F)c1=O)C[C@H]1OC3CCC(CC3)N1C2=O. The summed E-state index contributed by atoms with van der Waals surface area (Å²) in [6, 6.07) is -0.193. The van der Waals surface area contributed by atoms with Gasteiger partial charge >= 0.3 is 0 Å². The van der Waals surface area contributed by atoms with Crippen molar-refractivity contribution >= 4 is 11.8 Å². The molecule has 1 aromatic heterocycles. The summed E-state index contributed by atoms with van der Waals surface area (Å²) in [5.74, 6) is -5.03. The fourth-order valence-electron chi connectivity index (χ4n) is 5.37. The van der Waals surface area contributed by atoms with E-state index in [1.807, 2.05) is 0 Å². The van der Waals surface area contributed by atoms with Crippen molar-refractivity contribution in [1.29, 1.82) is 0 Å². The van der Waals surface area contributed by atoms with Gasteiger partial charge in [0.1, 0.15) is 23.0 Å². The topological polar surface area (TPSA) is 89.9 Å². The molecule has 0 unspecified atom stereocenters. The molecule has 1 N–H and O–H groups in total. The van der Waals surface area contributed by atoms with Crippen LogP contribution in [0.25, 0.3) is 0 Å². The Kier molecular flexibility index (Phi) is 5.82. The third kappa shape index (κ3) is 3.87. The number of nitrogens with one attached hydrogen (secondary N) is 1. The second-order valence-corrected chi connectivity index (χ2v) is 9.12. The lowest BCUT2D eigenvalue weighted by atomic mass is 9.92. The molecule has 0 radical (unpaired) electrons. The predicted octanol–water partition coefficient (Wildman–Crippen LogP) is 2.89. The molecule has 0 spiro atoms. The molecule has 11 heteroatoms. The van der Waals surface area contributed by atoms with Crippen LogP contribution in [0.4, 0.5) is 13.2 Å². The number of carbonyl (C=O) groups is 2. The van der Waals surface area contributed by atoms with E-state index in [0.29, 0.717) is 12.1 Å². The van der Waals surface area contributed by atoms with Crippen molar-refractivity contribution in [2.45, 2.75) is 63.6 Å². The lowest BCUT2D eigenvalue weighted by Crippen LogP contribution is -2.53. The summed E-state index contributed by atoms with van der Waals surface area (Å²) in [5.41, 5.74) is -1.70. The molecule has 2 bridgehead atoms. The molecule has 2 saturated heterocycles. The van der Waals surface area contributed by atoms with Crippen LogP contribution in [-0.2, 0) is 11.3 Å². The number of benzene rings is 1. The normalized spacial score (nSPS) is 23.9. The molecule has 1 saturated carbocycles. The maximum Gasteiger partial charge on any atom is 0.276 e. The zero-order chi connectivity index (χ0) is 25.0. The number of fused-ring (bicyclic) bond motifs is 3. The number of hydrogen-bond acceptors (Lipinski definition) is 5. The number of ether oxygens (including phenoxy) is 2. The molecule has 8 nitrogen and oxygen atoms in total. The van der Waals surface area contributed by atoms with Gasteiger partial charge in [-0.25, -0.2) is 13.2 Å². The van der Waals surface area contributed by atoms with Crippen molar-refractivity contribution in [3.63, 3.8) is 0 Å². The highest BCUT2D eigenvalue weighted by molar-refractivity contribution is 5.99. The van der Waals surface area contributed by atoms with Crippen LogP contribution in [0.2, 0.25) is 0 Å². The summed E-state index contributed by atoms with van der Waals surface area (Å²) < 4.78 is 54.5. The van der Waals surface area contributed by atoms with E-state index in [1.165, 1.54) is 24.8 Å². The monoisotopic (exact) mass is 491 g/mol. The van der Waals surface area contributed by atoms with Gasteiger partial charge < -0.3 is 24.3 Å². The predicted molar refractivity (Wildman–Crippen MR) is 117 cm³/mol. The number of methoxy groups -OCH3 is 1. The van der Waals surface area contributed by atoms with E-state index < -0.39 is 52.5 Å². The maximum absolute atomic E-state index is 14.2. The number of aromatic nitrogens is 1. The Morgan fingerprint density at radius 2 is 1.80 bits per heavy atom. The third-order valence-electron chi connectivity index (χ3n) is 7.00. The Labute approximate surface area is 198 Å².